The van der Waals surface area contributed by atoms with Crippen molar-refractivity contribution in [3.63, 3.8) is 0 Å². The molecule has 1 unspecified atom stereocenters. The Hall–Kier alpha value is -3.56. The average molecular weight is 603 g/mol. The SMILES string of the molecule is O=S(=O)(NCCSC1c2ccccc2COc2ccc(OCc3ccc4ccc(Cl)cc4n3)cc21)c1ccccc1. The smallest absolute Gasteiger partial charge is 0.240 e. The van der Waals surface area contributed by atoms with E-state index in [1.54, 1.807) is 42.1 Å². The van der Waals surface area contributed by atoms with Gasteiger partial charge >= 0.3 is 0 Å². The summed E-state index contributed by atoms with van der Waals surface area (Å²) >= 11 is 7.82. The van der Waals surface area contributed by atoms with Crippen LogP contribution in [0.2, 0.25) is 5.02 Å². The fourth-order valence-electron chi connectivity index (χ4n) is 4.78. The lowest BCUT2D eigenvalue weighted by Crippen LogP contribution is -2.26. The molecule has 0 amide bonds. The normalized spacial score (nSPS) is 14.5. The molecule has 41 heavy (non-hydrogen) atoms. The monoisotopic (exact) mass is 602 g/mol. The van der Waals surface area contributed by atoms with E-state index in [2.05, 4.69) is 16.9 Å². The van der Waals surface area contributed by atoms with E-state index in [9.17, 15) is 8.42 Å². The Morgan fingerprint density at radius 2 is 1.73 bits per heavy atom. The molecule has 6 rings (SSSR count). The second kappa shape index (κ2) is 12.1. The third kappa shape index (κ3) is 6.36. The van der Waals surface area contributed by atoms with Crippen molar-refractivity contribution in [1.29, 1.82) is 0 Å². The van der Waals surface area contributed by atoms with E-state index in [1.807, 2.05) is 60.7 Å². The van der Waals surface area contributed by atoms with Crippen LogP contribution in [0.15, 0.2) is 108 Å². The highest BCUT2D eigenvalue weighted by Crippen LogP contribution is 2.45. The fourth-order valence-corrected chi connectivity index (χ4v) is 7.36. The first-order valence-corrected chi connectivity index (χ1v) is 16.1. The van der Waals surface area contributed by atoms with Gasteiger partial charge < -0.3 is 9.47 Å². The number of halogens is 1. The van der Waals surface area contributed by atoms with Crippen LogP contribution in [0.3, 0.4) is 0 Å². The van der Waals surface area contributed by atoms with Crippen molar-refractivity contribution in [2.24, 2.45) is 0 Å². The summed E-state index contributed by atoms with van der Waals surface area (Å²) < 4.78 is 40.5. The van der Waals surface area contributed by atoms with E-state index in [4.69, 9.17) is 26.1 Å². The van der Waals surface area contributed by atoms with Crippen molar-refractivity contribution < 1.29 is 17.9 Å². The van der Waals surface area contributed by atoms with Crippen LogP contribution in [0.4, 0.5) is 0 Å². The standard InChI is InChI=1S/C32H27ClN2O4S2/c33-24-12-10-22-11-13-25(35-30(22)18-24)21-38-26-14-15-31-29(19-26)32(28-9-5-4-6-23(28)20-39-31)40-17-16-34-41(36,37)27-7-2-1-3-8-27/h1-15,18-19,32,34H,16-17,20-21H2. The Balaban J connectivity index is 1.20. The van der Waals surface area contributed by atoms with Crippen molar-refractivity contribution in [1.82, 2.24) is 9.71 Å². The van der Waals surface area contributed by atoms with E-state index in [0.29, 0.717) is 36.3 Å². The van der Waals surface area contributed by atoms with E-state index in [0.717, 1.165) is 39.0 Å². The van der Waals surface area contributed by atoms with Crippen LogP contribution < -0.4 is 14.2 Å². The van der Waals surface area contributed by atoms with Gasteiger partial charge in [-0.1, -0.05) is 66.2 Å². The molecule has 9 heteroatoms. The predicted octanol–water partition coefficient (Wildman–Crippen LogP) is 7.16. The van der Waals surface area contributed by atoms with Gasteiger partial charge in [0, 0.05) is 28.3 Å². The summed E-state index contributed by atoms with van der Waals surface area (Å²) in [5.41, 5.74) is 4.86. The van der Waals surface area contributed by atoms with Gasteiger partial charge in [0.25, 0.3) is 0 Å². The Morgan fingerprint density at radius 3 is 2.61 bits per heavy atom. The number of rotatable bonds is 9. The molecule has 1 atom stereocenters. The molecular weight excluding hydrogens is 576 g/mol. The molecule has 0 bridgehead atoms. The van der Waals surface area contributed by atoms with Crippen LogP contribution in [-0.2, 0) is 23.2 Å². The van der Waals surface area contributed by atoms with Gasteiger partial charge in [-0.2, -0.15) is 0 Å². The summed E-state index contributed by atoms with van der Waals surface area (Å²) in [6.45, 7) is 1.06. The second-order valence-corrected chi connectivity index (χ2v) is 13.0. The van der Waals surface area contributed by atoms with E-state index < -0.39 is 10.0 Å². The van der Waals surface area contributed by atoms with Crippen LogP contribution >= 0.6 is 23.4 Å². The Morgan fingerprint density at radius 1 is 0.927 bits per heavy atom. The topological polar surface area (TPSA) is 77.5 Å². The van der Waals surface area contributed by atoms with Crippen molar-refractivity contribution in [2.75, 3.05) is 12.3 Å². The number of sulfonamides is 1. The molecule has 2 heterocycles. The van der Waals surface area contributed by atoms with Gasteiger partial charge in [0.1, 0.15) is 24.7 Å². The number of nitrogens with one attached hydrogen (secondary N) is 1. The predicted molar refractivity (Wildman–Crippen MR) is 164 cm³/mol. The highest BCUT2D eigenvalue weighted by molar-refractivity contribution is 7.99. The minimum atomic E-state index is -3.57. The summed E-state index contributed by atoms with van der Waals surface area (Å²) in [4.78, 5) is 4.95. The molecule has 0 aliphatic carbocycles. The third-order valence-electron chi connectivity index (χ3n) is 6.82. The number of ether oxygens (including phenoxy) is 2. The summed E-state index contributed by atoms with van der Waals surface area (Å²) in [6, 6.07) is 32.1. The average Bonchev–Trinajstić information content (AvgIpc) is 3.15. The third-order valence-corrected chi connectivity index (χ3v) is 9.81. The van der Waals surface area contributed by atoms with Gasteiger partial charge in [0.05, 0.1) is 21.4 Å². The quantitative estimate of drug-likeness (QED) is 0.180. The lowest BCUT2D eigenvalue weighted by atomic mass is 10.00. The molecule has 208 valence electrons. The number of pyridine rings is 1. The molecule has 0 spiro atoms. The van der Waals surface area contributed by atoms with Crippen LogP contribution in [-0.4, -0.2) is 25.7 Å². The molecule has 1 aliphatic rings. The maximum absolute atomic E-state index is 12.7. The molecule has 0 radical (unpaired) electrons. The van der Waals surface area contributed by atoms with Crippen LogP contribution in [0.1, 0.15) is 27.6 Å². The van der Waals surface area contributed by atoms with Crippen LogP contribution in [0, 0.1) is 0 Å². The van der Waals surface area contributed by atoms with E-state index in [-0.39, 0.29) is 10.1 Å². The van der Waals surface area contributed by atoms with Gasteiger partial charge in [-0.3, -0.25) is 0 Å². The Labute approximate surface area is 248 Å². The molecule has 0 saturated heterocycles. The van der Waals surface area contributed by atoms with E-state index in [1.165, 1.54) is 0 Å². The molecule has 1 aliphatic heterocycles. The maximum atomic E-state index is 12.7. The molecule has 0 saturated carbocycles. The highest BCUT2D eigenvalue weighted by Gasteiger charge is 2.26. The minimum Gasteiger partial charge on any atom is -0.489 e. The maximum Gasteiger partial charge on any atom is 0.240 e. The number of hydrogen-bond acceptors (Lipinski definition) is 6. The number of thioether (sulfide) groups is 1. The van der Waals surface area contributed by atoms with Gasteiger partial charge in [0.15, 0.2) is 0 Å². The van der Waals surface area contributed by atoms with Crippen molar-refractivity contribution >= 4 is 44.3 Å². The van der Waals surface area contributed by atoms with Crippen molar-refractivity contribution in [2.45, 2.75) is 23.4 Å². The lowest BCUT2D eigenvalue weighted by molar-refractivity contribution is 0.295. The molecule has 4 aromatic carbocycles. The van der Waals surface area contributed by atoms with Gasteiger partial charge in [-0.15, -0.1) is 11.8 Å². The fraction of sp³-hybridized carbons (Fsp3) is 0.156. The number of fused-ring (bicyclic) bond motifs is 3. The summed E-state index contributed by atoms with van der Waals surface area (Å²) in [5, 5.41) is 1.60. The highest BCUT2D eigenvalue weighted by atomic mass is 35.5. The minimum absolute atomic E-state index is 0.0607. The zero-order chi connectivity index (χ0) is 28.2. The van der Waals surface area contributed by atoms with E-state index >= 15 is 0 Å². The zero-order valence-corrected chi connectivity index (χ0v) is 24.4. The molecule has 5 aromatic rings. The van der Waals surface area contributed by atoms with Crippen molar-refractivity contribution in [3.05, 3.63) is 131 Å². The molecular formula is C32H27ClN2O4S2. The first kappa shape index (κ1) is 27.6. The van der Waals surface area contributed by atoms with Crippen LogP contribution in [0.5, 0.6) is 11.5 Å². The largest absolute Gasteiger partial charge is 0.489 e. The van der Waals surface area contributed by atoms with Gasteiger partial charge in [-0.05, 0) is 59.7 Å². The van der Waals surface area contributed by atoms with Crippen molar-refractivity contribution in [3.8, 4) is 11.5 Å². The zero-order valence-electron chi connectivity index (χ0n) is 22.0. The van der Waals surface area contributed by atoms with Crippen LogP contribution in [0.25, 0.3) is 10.9 Å². The van der Waals surface area contributed by atoms with Gasteiger partial charge in [0.2, 0.25) is 10.0 Å². The summed E-state index contributed by atoms with van der Waals surface area (Å²) in [5.74, 6) is 2.06. The Bertz CT molecular complexity index is 1800. The molecule has 1 N–H and O–H groups in total. The molecule has 0 fully saturated rings. The molecule has 6 nitrogen and oxygen atoms in total. The first-order chi connectivity index (χ1) is 20.0. The number of nitrogens with zero attached hydrogens (tertiary/aromatic N) is 1. The molecule has 1 aromatic heterocycles. The second-order valence-electron chi connectivity index (χ2n) is 9.58. The summed E-state index contributed by atoms with van der Waals surface area (Å²) in [6.07, 6.45) is 0. The van der Waals surface area contributed by atoms with Gasteiger partial charge in [-0.25, -0.2) is 18.1 Å². The summed E-state index contributed by atoms with van der Waals surface area (Å²) in [7, 11) is -3.57. The Kier molecular flexibility index (Phi) is 8.16. The number of hydrogen-bond donors (Lipinski definition) is 1. The number of benzene rings is 4. The first-order valence-electron chi connectivity index (χ1n) is 13.2. The number of aromatic nitrogens is 1. The lowest BCUT2D eigenvalue weighted by Gasteiger charge is -2.20.